The van der Waals surface area contributed by atoms with Gasteiger partial charge in [0.25, 0.3) is 0 Å². The number of Topliss-reactive ketones (excluding diaryl/α,β-unsaturated/α-hetero) is 1. The molecule has 0 unspecified atom stereocenters. The molecule has 0 N–H and O–H groups in total. The van der Waals surface area contributed by atoms with Crippen molar-refractivity contribution in [1.29, 1.82) is 0 Å². The quantitative estimate of drug-likeness (QED) is 0.578. The molecule has 0 fully saturated rings. The summed E-state index contributed by atoms with van der Waals surface area (Å²) in [6.07, 6.45) is 0. The van der Waals surface area contributed by atoms with E-state index < -0.39 is 6.61 Å². The van der Waals surface area contributed by atoms with Crippen LogP contribution in [0, 0.1) is 3.57 Å². The molecule has 0 saturated carbocycles. The topological polar surface area (TPSA) is 26.3 Å². The minimum atomic E-state index is -2.90. The van der Waals surface area contributed by atoms with Gasteiger partial charge < -0.3 is 4.74 Å². The second-order valence-electron chi connectivity index (χ2n) is 2.70. The maximum atomic E-state index is 12.0. The average molecular weight is 391 g/mol. The number of ketones is 1. The van der Waals surface area contributed by atoms with Gasteiger partial charge in [-0.05, 0) is 57.6 Å². The van der Waals surface area contributed by atoms with Gasteiger partial charge in [-0.1, -0.05) is 0 Å². The second-order valence-corrected chi connectivity index (χ2v) is 4.64. The van der Waals surface area contributed by atoms with Crippen LogP contribution in [-0.2, 0) is 0 Å². The molecule has 1 rings (SSSR count). The van der Waals surface area contributed by atoms with Crippen LogP contribution in [0.2, 0.25) is 0 Å². The molecular formula is C9H6BrF2IO2. The van der Waals surface area contributed by atoms with E-state index in [2.05, 4.69) is 20.7 Å². The number of hydrogen-bond donors (Lipinski definition) is 0. The van der Waals surface area contributed by atoms with Gasteiger partial charge in [0.05, 0.1) is 3.57 Å². The molecule has 0 saturated heterocycles. The lowest BCUT2D eigenvalue weighted by Gasteiger charge is -2.09. The van der Waals surface area contributed by atoms with Crippen LogP contribution in [0.15, 0.2) is 16.6 Å². The summed E-state index contributed by atoms with van der Waals surface area (Å²) in [6.45, 7) is -1.53. The third-order valence-electron chi connectivity index (χ3n) is 1.62. The van der Waals surface area contributed by atoms with E-state index in [1.165, 1.54) is 13.0 Å². The van der Waals surface area contributed by atoms with Crippen LogP contribution in [0.1, 0.15) is 17.3 Å². The van der Waals surface area contributed by atoms with Crippen molar-refractivity contribution in [2.75, 3.05) is 0 Å². The monoisotopic (exact) mass is 390 g/mol. The van der Waals surface area contributed by atoms with Gasteiger partial charge in [-0.2, -0.15) is 8.78 Å². The molecule has 1 aromatic rings. The van der Waals surface area contributed by atoms with Crippen LogP contribution in [0.3, 0.4) is 0 Å². The molecule has 0 heterocycles. The Kier molecular flexibility index (Phi) is 4.45. The summed E-state index contributed by atoms with van der Waals surface area (Å²) in [7, 11) is 0. The fourth-order valence-corrected chi connectivity index (χ4v) is 1.83. The zero-order valence-corrected chi connectivity index (χ0v) is 11.3. The number of benzene rings is 1. The maximum absolute atomic E-state index is 12.0. The fraction of sp³-hybridized carbons (Fsp3) is 0.222. The number of halogens is 4. The predicted molar refractivity (Wildman–Crippen MR) is 63.5 cm³/mol. The number of carbonyl (C=O) groups is 1. The fourth-order valence-electron chi connectivity index (χ4n) is 0.949. The first-order valence-electron chi connectivity index (χ1n) is 3.86. The van der Waals surface area contributed by atoms with Crippen LogP contribution in [-0.4, -0.2) is 12.4 Å². The summed E-state index contributed by atoms with van der Waals surface area (Å²) in [5, 5.41) is 0. The Morgan fingerprint density at radius 2 is 2.13 bits per heavy atom. The summed E-state index contributed by atoms with van der Waals surface area (Å²) in [5.74, 6) is -0.198. The van der Waals surface area contributed by atoms with Crippen LogP contribution < -0.4 is 4.74 Å². The van der Waals surface area contributed by atoms with Crippen molar-refractivity contribution in [3.8, 4) is 5.75 Å². The highest BCUT2D eigenvalue weighted by Gasteiger charge is 2.13. The zero-order valence-electron chi connectivity index (χ0n) is 7.56. The van der Waals surface area contributed by atoms with Gasteiger partial charge in [0.2, 0.25) is 0 Å². The van der Waals surface area contributed by atoms with Crippen molar-refractivity contribution in [1.82, 2.24) is 0 Å². The van der Waals surface area contributed by atoms with Gasteiger partial charge in [-0.25, -0.2) is 0 Å². The molecule has 0 bridgehead atoms. The number of ether oxygens (including phenoxy) is 1. The molecule has 82 valence electrons. The molecule has 6 heteroatoms. The lowest BCUT2D eigenvalue weighted by molar-refractivity contribution is -0.0505. The summed E-state index contributed by atoms with van der Waals surface area (Å²) in [6, 6.07) is 2.88. The SMILES string of the molecule is CC(=O)c1cc(Br)c(I)c(OC(F)F)c1. The minimum Gasteiger partial charge on any atom is -0.434 e. The first kappa shape index (κ1) is 12.8. The lowest BCUT2D eigenvalue weighted by atomic mass is 10.1. The molecule has 0 aromatic heterocycles. The maximum Gasteiger partial charge on any atom is 0.387 e. The average Bonchev–Trinajstić information content (AvgIpc) is 2.11. The molecule has 2 nitrogen and oxygen atoms in total. The molecule has 15 heavy (non-hydrogen) atoms. The van der Waals surface area contributed by atoms with Crippen LogP contribution in [0.25, 0.3) is 0 Å². The highest BCUT2D eigenvalue weighted by molar-refractivity contribution is 14.1. The Labute approximate surface area is 107 Å². The first-order chi connectivity index (χ1) is 6.91. The molecule has 0 aliphatic carbocycles. The molecule has 0 aliphatic rings. The Morgan fingerprint density at radius 1 is 1.53 bits per heavy atom. The third-order valence-corrected chi connectivity index (χ3v) is 4.10. The number of alkyl halides is 2. The van der Waals surface area contributed by atoms with E-state index >= 15 is 0 Å². The predicted octanol–water partition coefficient (Wildman–Crippen LogP) is 3.86. The van der Waals surface area contributed by atoms with E-state index in [0.29, 0.717) is 13.6 Å². The standard InChI is InChI=1S/C9H6BrF2IO2/c1-4(14)5-2-6(10)8(13)7(3-5)15-9(11)12/h2-3,9H,1H3. The van der Waals surface area contributed by atoms with Crippen molar-refractivity contribution in [2.45, 2.75) is 13.5 Å². The lowest BCUT2D eigenvalue weighted by Crippen LogP contribution is -2.05. The van der Waals surface area contributed by atoms with Gasteiger partial charge in [-0.15, -0.1) is 0 Å². The van der Waals surface area contributed by atoms with Gasteiger partial charge in [0.15, 0.2) is 5.78 Å². The van der Waals surface area contributed by atoms with Crippen molar-refractivity contribution in [3.63, 3.8) is 0 Å². The minimum absolute atomic E-state index is 0.00479. The highest BCUT2D eigenvalue weighted by Crippen LogP contribution is 2.31. The van der Waals surface area contributed by atoms with Gasteiger partial charge in [-0.3, -0.25) is 4.79 Å². The molecule has 0 atom stereocenters. The molecule has 0 aliphatic heterocycles. The number of rotatable bonds is 3. The largest absolute Gasteiger partial charge is 0.434 e. The van der Waals surface area contributed by atoms with Crippen molar-refractivity contribution >= 4 is 44.3 Å². The smallest absolute Gasteiger partial charge is 0.387 e. The Balaban J connectivity index is 3.19. The Hall–Kier alpha value is -0.240. The van der Waals surface area contributed by atoms with Crippen molar-refractivity contribution < 1.29 is 18.3 Å². The van der Waals surface area contributed by atoms with E-state index in [1.807, 2.05) is 22.6 Å². The molecule has 0 spiro atoms. The summed E-state index contributed by atoms with van der Waals surface area (Å²) < 4.78 is 29.4. The van der Waals surface area contributed by atoms with Gasteiger partial charge in [0, 0.05) is 10.0 Å². The zero-order chi connectivity index (χ0) is 11.6. The molecule has 0 radical (unpaired) electrons. The summed E-state index contributed by atoms with van der Waals surface area (Å²) in [4.78, 5) is 11.1. The van der Waals surface area contributed by atoms with E-state index in [-0.39, 0.29) is 11.5 Å². The van der Waals surface area contributed by atoms with E-state index in [1.54, 1.807) is 6.07 Å². The third kappa shape index (κ3) is 3.37. The van der Waals surface area contributed by atoms with E-state index in [9.17, 15) is 13.6 Å². The Bertz CT molecular complexity index is 396. The van der Waals surface area contributed by atoms with E-state index in [0.717, 1.165) is 0 Å². The second kappa shape index (κ2) is 5.20. The van der Waals surface area contributed by atoms with E-state index in [4.69, 9.17) is 0 Å². The normalized spacial score (nSPS) is 10.5. The Morgan fingerprint density at radius 3 is 2.60 bits per heavy atom. The van der Waals surface area contributed by atoms with Crippen LogP contribution >= 0.6 is 38.5 Å². The number of carbonyl (C=O) groups excluding carboxylic acids is 1. The summed E-state index contributed by atoms with van der Waals surface area (Å²) >= 11 is 5.03. The molecular weight excluding hydrogens is 385 g/mol. The first-order valence-corrected chi connectivity index (χ1v) is 5.73. The van der Waals surface area contributed by atoms with Crippen molar-refractivity contribution in [2.24, 2.45) is 0 Å². The van der Waals surface area contributed by atoms with Crippen LogP contribution in [0.4, 0.5) is 8.78 Å². The van der Waals surface area contributed by atoms with Crippen molar-refractivity contribution in [3.05, 3.63) is 25.7 Å². The molecule has 0 amide bonds. The molecule has 1 aromatic carbocycles. The highest BCUT2D eigenvalue weighted by atomic mass is 127. The number of hydrogen-bond acceptors (Lipinski definition) is 2. The van der Waals surface area contributed by atoms with Gasteiger partial charge >= 0.3 is 6.61 Å². The summed E-state index contributed by atoms with van der Waals surface area (Å²) in [5.41, 5.74) is 0.331. The van der Waals surface area contributed by atoms with Gasteiger partial charge in [0.1, 0.15) is 5.75 Å². The van der Waals surface area contributed by atoms with Crippen LogP contribution in [0.5, 0.6) is 5.75 Å².